The van der Waals surface area contributed by atoms with E-state index in [4.69, 9.17) is 14.2 Å². The van der Waals surface area contributed by atoms with Crippen LogP contribution in [0.3, 0.4) is 0 Å². The monoisotopic (exact) mass is 1140 g/mol. The van der Waals surface area contributed by atoms with Crippen LogP contribution in [0.5, 0.6) is 0 Å². The first-order valence-electron chi connectivity index (χ1n) is 34.9. The molecule has 0 fully saturated rings. The highest BCUT2D eigenvalue weighted by Gasteiger charge is 2.19. The predicted octanol–water partition coefficient (Wildman–Crippen LogP) is 24.2. The van der Waals surface area contributed by atoms with Crippen molar-refractivity contribution in [3.05, 3.63) is 109 Å². The number of unbranched alkanes of at least 4 members (excludes halogenated alkanes) is 34. The average molecular weight is 1140 g/mol. The quantitative estimate of drug-likeness (QED) is 0.0261. The van der Waals surface area contributed by atoms with E-state index in [0.717, 1.165) is 122 Å². The molecular weight excluding hydrogens is 1010 g/mol. The molecule has 0 aliphatic carbocycles. The van der Waals surface area contributed by atoms with Gasteiger partial charge in [-0.15, -0.1) is 0 Å². The lowest BCUT2D eigenvalue weighted by Gasteiger charge is -2.18. The molecule has 1 atom stereocenters. The Hall–Kier alpha value is -3.93. The van der Waals surface area contributed by atoms with Crippen molar-refractivity contribution >= 4 is 17.9 Å². The topological polar surface area (TPSA) is 78.9 Å². The highest BCUT2D eigenvalue weighted by molar-refractivity contribution is 5.71. The second-order valence-corrected chi connectivity index (χ2v) is 23.1. The molecule has 470 valence electrons. The van der Waals surface area contributed by atoms with E-state index in [0.29, 0.717) is 19.3 Å². The third kappa shape index (κ3) is 66.9. The molecule has 0 radical (unpaired) electrons. The summed E-state index contributed by atoms with van der Waals surface area (Å²) in [5, 5.41) is 0. The molecule has 0 spiro atoms. The van der Waals surface area contributed by atoms with Crippen molar-refractivity contribution < 1.29 is 28.6 Å². The van der Waals surface area contributed by atoms with Crippen LogP contribution in [0.25, 0.3) is 0 Å². The summed E-state index contributed by atoms with van der Waals surface area (Å²) in [7, 11) is 0. The Labute approximate surface area is 508 Å². The minimum Gasteiger partial charge on any atom is -0.462 e. The minimum atomic E-state index is -0.792. The molecule has 0 aliphatic heterocycles. The first-order chi connectivity index (χ1) is 40.5. The molecule has 82 heavy (non-hydrogen) atoms. The number of carbonyl (C=O) groups is 3. The van der Waals surface area contributed by atoms with Gasteiger partial charge in [0, 0.05) is 19.3 Å². The molecule has 0 aromatic rings. The van der Waals surface area contributed by atoms with E-state index >= 15 is 0 Å². The van der Waals surface area contributed by atoms with Crippen molar-refractivity contribution in [3.8, 4) is 0 Å². The molecule has 0 saturated heterocycles. The van der Waals surface area contributed by atoms with Gasteiger partial charge in [-0.1, -0.05) is 297 Å². The Kier molecular flexibility index (Phi) is 66.2. The van der Waals surface area contributed by atoms with E-state index < -0.39 is 6.10 Å². The Balaban J connectivity index is 4.33. The maximum atomic E-state index is 12.9. The van der Waals surface area contributed by atoms with Crippen LogP contribution in [0.1, 0.15) is 335 Å². The van der Waals surface area contributed by atoms with Gasteiger partial charge in [-0.2, -0.15) is 0 Å². The molecule has 0 N–H and O–H groups in total. The number of ether oxygens (including phenoxy) is 3. The van der Waals surface area contributed by atoms with Gasteiger partial charge in [0.2, 0.25) is 0 Å². The van der Waals surface area contributed by atoms with Crippen LogP contribution >= 0.6 is 0 Å². The normalized spacial score (nSPS) is 12.8. The van der Waals surface area contributed by atoms with E-state index in [9.17, 15) is 14.4 Å². The van der Waals surface area contributed by atoms with Crippen LogP contribution in [0.15, 0.2) is 109 Å². The first-order valence-corrected chi connectivity index (χ1v) is 34.9. The lowest BCUT2D eigenvalue weighted by atomic mass is 10.0. The Morgan fingerprint density at radius 2 is 0.476 bits per heavy atom. The van der Waals surface area contributed by atoms with Gasteiger partial charge >= 0.3 is 17.9 Å². The van der Waals surface area contributed by atoms with Crippen molar-refractivity contribution in [1.82, 2.24) is 0 Å². The van der Waals surface area contributed by atoms with Crippen molar-refractivity contribution in [2.75, 3.05) is 13.2 Å². The molecule has 6 heteroatoms. The molecule has 0 aromatic carbocycles. The summed E-state index contributed by atoms with van der Waals surface area (Å²) in [6.45, 7) is 6.51. The maximum Gasteiger partial charge on any atom is 0.306 e. The third-order valence-corrected chi connectivity index (χ3v) is 15.0. The van der Waals surface area contributed by atoms with E-state index in [1.807, 2.05) is 0 Å². The summed E-state index contributed by atoms with van der Waals surface area (Å²) in [6, 6.07) is 0. The van der Waals surface area contributed by atoms with E-state index in [-0.39, 0.29) is 31.1 Å². The standard InChI is InChI=1S/C76H130O6/c1-4-7-10-13-16-19-22-25-28-31-33-34-35-36-37-38-39-40-41-42-44-45-48-51-54-57-60-63-66-69-75(78)81-72-73(71-80-74(77)68-65-62-59-56-53-50-47-30-27-24-21-18-15-12-9-6-3)82-76(79)70-67-64-61-58-55-52-49-46-43-32-29-26-23-20-17-14-11-8-5-2/h7,10,16-17,19-20,25-26,28-30,33-34,36-37,43,46-47,73H,4-6,8-9,11-15,18,21-24,27,31-32,35,38-42,44-45,48-72H2,1-3H3/b10-7-,19-16-,20-17-,28-25-,29-26-,34-33-,37-36-,46-43-,47-30-. The van der Waals surface area contributed by atoms with Gasteiger partial charge in [-0.3, -0.25) is 14.4 Å². The number of rotatable bonds is 63. The SMILES string of the molecule is CC/C=C\C/C=C\C/C=C\C/C=C\C/C=C\CCCCCCCCCCCCCCCC(=O)OCC(COC(=O)CCCCCCC/C=C\CCCCCCCCC)OC(=O)CCCCCCCC/C=C\C/C=C\C/C=C\CCCCC. The first kappa shape index (κ1) is 78.1. The Morgan fingerprint density at radius 3 is 0.780 bits per heavy atom. The molecule has 0 bridgehead atoms. The van der Waals surface area contributed by atoms with Crippen LogP contribution in [0.4, 0.5) is 0 Å². The summed E-state index contributed by atoms with van der Waals surface area (Å²) in [4.78, 5) is 38.4. The molecule has 0 aromatic heterocycles. The van der Waals surface area contributed by atoms with Crippen LogP contribution in [0, 0.1) is 0 Å². The number of esters is 3. The summed E-state index contributed by atoms with van der Waals surface area (Å²) in [5.74, 6) is -0.895. The number of carbonyl (C=O) groups excluding carboxylic acids is 3. The summed E-state index contributed by atoms with van der Waals surface area (Å²) >= 11 is 0. The fourth-order valence-corrected chi connectivity index (χ4v) is 9.77. The van der Waals surface area contributed by atoms with Crippen LogP contribution in [0.2, 0.25) is 0 Å². The third-order valence-electron chi connectivity index (χ3n) is 15.0. The van der Waals surface area contributed by atoms with E-state index in [2.05, 4.69) is 130 Å². The van der Waals surface area contributed by atoms with Gasteiger partial charge in [0.25, 0.3) is 0 Å². The van der Waals surface area contributed by atoms with Gasteiger partial charge in [-0.05, 0) is 128 Å². The lowest BCUT2D eigenvalue weighted by molar-refractivity contribution is -0.167. The zero-order valence-electron chi connectivity index (χ0n) is 54.0. The zero-order chi connectivity index (χ0) is 59.2. The lowest BCUT2D eigenvalue weighted by Crippen LogP contribution is -2.30. The molecule has 1 unspecified atom stereocenters. The van der Waals surface area contributed by atoms with Crippen LogP contribution in [-0.2, 0) is 28.6 Å². The molecule has 6 nitrogen and oxygen atoms in total. The van der Waals surface area contributed by atoms with Gasteiger partial charge in [0.15, 0.2) is 6.10 Å². The van der Waals surface area contributed by atoms with Crippen LogP contribution < -0.4 is 0 Å². The number of allylic oxidation sites excluding steroid dienone is 18. The fraction of sp³-hybridized carbons (Fsp3) is 0.724. The number of hydrogen-bond donors (Lipinski definition) is 0. The van der Waals surface area contributed by atoms with Crippen molar-refractivity contribution in [1.29, 1.82) is 0 Å². The molecule has 0 heterocycles. The summed E-state index contributed by atoms with van der Waals surface area (Å²) in [5.41, 5.74) is 0. The zero-order valence-corrected chi connectivity index (χ0v) is 54.0. The van der Waals surface area contributed by atoms with Crippen molar-refractivity contribution in [3.63, 3.8) is 0 Å². The molecule has 0 amide bonds. The van der Waals surface area contributed by atoms with Gasteiger partial charge < -0.3 is 14.2 Å². The highest BCUT2D eigenvalue weighted by atomic mass is 16.6. The highest BCUT2D eigenvalue weighted by Crippen LogP contribution is 2.16. The van der Waals surface area contributed by atoms with Crippen molar-refractivity contribution in [2.24, 2.45) is 0 Å². The Morgan fingerprint density at radius 1 is 0.256 bits per heavy atom. The molecular formula is C76H130O6. The Bertz CT molecular complexity index is 1640. The van der Waals surface area contributed by atoms with Gasteiger partial charge in [-0.25, -0.2) is 0 Å². The van der Waals surface area contributed by atoms with E-state index in [1.165, 1.54) is 173 Å². The average Bonchev–Trinajstić information content (AvgIpc) is 3.47. The number of hydrogen-bond acceptors (Lipinski definition) is 6. The van der Waals surface area contributed by atoms with Gasteiger partial charge in [0.1, 0.15) is 13.2 Å². The summed E-state index contributed by atoms with van der Waals surface area (Å²) in [6.07, 6.45) is 95.3. The minimum absolute atomic E-state index is 0.0856. The second kappa shape index (κ2) is 69.6. The second-order valence-electron chi connectivity index (χ2n) is 23.1. The maximum absolute atomic E-state index is 12.9. The largest absolute Gasteiger partial charge is 0.462 e. The van der Waals surface area contributed by atoms with Gasteiger partial charge in [0.05, 0.1) is 0 Å². The van der Waals surface area contributed by atoms with Crippen LogP contribution in [-0.4, -0.2) is 37.2 Å². The fourth-order valence-electron chi connectivity index (χ4n) is 9.77. The predicted molar refractivity (Wildman–Crippen MR) is 357 cm³/mol. The molecule has 0 rings (SSSR count). The smallest absolute Gasteiger partial charge is 0.306 e. The van der Waals surface area contributed by atoms with Crippen molar-refractivity contribution in [2.45, 2.75) is 341 Å². The van der Waals surface area contributed by atoms with E-state index in [1.54, 1.807) is 0 Å². The summed E-state index contributed by atoms with van der Waals surface area (Å²) < 4.78 is 17.0. The molecule has 0 aliphatic rings. The molecule has 0 saturated carbocycles.